The molecule has 96 heavy (non-hydrogen) atoms. The molecule has 6 aliphatic heterocycles. The first kappa shape index (κ1) is 74.8. The lowest BCUT2D eigenvalue weighted by Crippen LogP contribution is -2.40. The quantitative estimate of drug-likeness (QED) is 0.0261. The first-order valence-electron chi connectivity index (χ1n) is 27.0. The molecule has 4 saturated heterocycles. The summed E-state index contributed by atoms with van der Waals surface area (Å²) in [7, 11) is -32.5. The molecule has 0 aliphatic carbocycles. The fourth-order valence-corrected chi connectivity index (χ4v) is 15.1. The van der Waals surface area contributed by atoms with Gasteiger partial charge >= 0.3 is 46.9 Å². The largest absolute Gasteiger partial charge is 0.481 e. The SMILES string of the molecule is NC(=O)C1=CN(C2O[C@H](COP(=O)(O)OP(=O)(O)OC[C@H]3O[C@@H](n4cnc5c(N)ncnc54)[C@H](OP(=O)(O)O)[C@@H]3O)C(O)C2O)C=CC1.NC(=O)C1=CN(C2O[C@H](COP(=O)(O)OP(=O)(O)OC[C@H]3O[C@@H](n4cnc5c(N)ncnc54)[C@H](OP(=O)(O)O)[C@@H]3O)C(O)C2O)C=CC1. The Hall–Kier alpha value is -5.46. The van der Waals surface area contributed by atoms with Crippen molar-refractivity contribution in [1.29, 1.82) is 0 Å². The summed E-state index contributed by atoms with van der Waals surface area (Å²) >= 11 is 0. The lowest BCUT2D eigenvalue weighted by Gasteiger charge is -2.28. The van der Waals surface area contributed by atoms with Crippen LogP contribution in [-0.4, -0.2) is 243 Å². The number of nitrogen functional groups attached to an aromatic ring is 2. The number of phosphoric ester groups is 6. The molecule has 0 spiro atoms. The Kier molecular flexibility index (Phi) is 22.9. The molecular weight excluding hydrogens is 1430 g/mol. The van der Waals surface area contributed by atoms with Crippen LogP contribution in [0.1, 0.15) is 25.3 Å². The molecule has 0 radical (unpaired) electrons. The van der Waals surface area contributed by atoms with Gasteiger partial charge in [0.25, 0.3) is 0 Å². The van der Waals surface area contributed by atoms with Gasteiger partial charge in [-0.05, 0) is 12.8 Å². The monoisotopic (exact) mass is 1490 g/mol. The van der Waals surface area contributed by atoms with Crippen molar-refractivity contribution in [1.82, 2.24) is 48.8 Å². The van der Waals surface area contributed by atoms with Gasteiger partial charge < -0.3 is 121 Å². The third kappa shape index (κ3) is 17.9. The zero-order valence-electron chi connectivity index (χ0n) is 48.1. The van der Waals surface area contributed by atoms with Gasteiger partial charge in [-0.3, -0.25) is 45.9 Å². The minimum atomic E-state index is -5.52. The van der Waals surface area contributed by atoms with Gasteiger partial charge in [0.2, 0.25) is 11.8 Å². The topological polar surface area (TPSA) is 728 Å². The first-order chi connectivity index (χ1) is 44.7. The minimum Gasteiger partial charge on any atom is -0.387 e. The summed E-state index contributed by atoms with van der Waals surface area (Å²) in [5.41, 5.74) is 22.5. The summed E-state index contributed by atoms with van der Waals surface area (Å²) in [5, 5.41) is 63.1. The number of hydrogen-bond acceptors (Lipinski definition) is 36. The van der Waals surface area contributed by atoms with Gasteiger partial charge in [-0.25, -0.2) is 57.3 Å². The van der Waals surface area contributed by atoms with Crippen molar-refractivity contribution in [3.05, 3.63) is 73.4 Å². The van der Waals surface area contributed by atoms with Crippen LogP contribution < -0.4 is 22.9 Å². The number of hydrogen-bond donors (Lipinski definition) is 18. The molecule has 6 aliphatic rings. The molecular formula is C42H60N14O34P6. The van der Waals surface area contributed by atoms with Gasteiger partial charge in [-0.2, -0.15) is 8.62 Å². The predicted octanol–water partition coefficient (Wildman–Crippen LogP) is -5.14. The van der Waals surface area contributed by atoms with Crippen molar-refractivity contribution < 1.29 is 161 Å². The molecule has 4 fully saturated rings. The van der Waals surface area contributed by atoms with Crippen molar-refractivity contribution in [2.75, 3.05) is 37.9 Å². The van der Waals surface area contributed by atoms with Crippen LogP contribution in [0.3, 0.4) is 0 Å². The Morgan fingerprint density at radius 1 is 0.469 bits per heavy atom. The molecule has 22 N–H and O–H groups in total. The fraction of sp³-hybridized carbons (Fsp3) is 0.524. The summed E-state index contributed by atoms with van der Waals surface area (Å²) < 4.78 is 134. The number of aliphatic hydroxyl groups excluding tert-OH is 6. The highest BCUT2D eigenvalue weighted by atomic mass is 31.3. The van der Waals surface area contributed by atoms with Crippen LogP contribution in [0.4, 0.5) is 11.6 Å². The Balaban J connectivity index is 0.000000225. The van der Waals surface area contributed by atoms with E-state index in [4.69, 9.17) is 60.0 Å². The van der Waals surface area contributed by atoms with Crippen molar-refractivity contribution in [2.24, 2.45) is 11.5 Å². The average molecular weight is 1490 g/mol. The fourth-order valence-electron chi connectivity index (χ4n) is 9.87. The van der Waals surface area contributed by atoms with Gasteiger partial charge in [-0.1, -0.05) is 12.2 Å². The summed E-state index contributed by atoms with van der Waals surface area (Å²) in [6, 6.07) is 0. The Morgan fingerprint density at radius 3 is 1.09 bits per heavy atom. The number of fused-ring (bicyclic) bond motifs is 2. The van der Waals surface area contributed by atoms with Crippen molar-refractivity contribution in [3.63, 3.8) is 0 Å². The van der Waals surface area contributed by atoms with E-state index < -0.39 is 183 Å². The zero-order chi connectivity index (χ0) is 70.4. The second kappa shape index (κ2) is 29.4. The zero-order valence-corrected chi connectivity index (χ0v) is 53.5. The van der Waals surface area contributed by atoms with Gasteiger partial charge in [0.15, 0.2) is 47.8 Å². The number of nitrogens with two attached hydrogens (primary N) is 4. The van der Waals surface area contributed by atoms with Gasteiger partial charge in [0, 0.05) is 35.9 Å². The Bertz CT molecular complexity index is 3720. The molecule has 20 atom stereocenters. The van der Waals surface area contributed by atoms with Gasteiger partial charge in [0.1, 0.15) is 96.9 Å². The molecule has 4 aromatic rings. The van der Waals surface area contributed by atoms with Crippen LogP contribution in [0.15, 0.2) is 73.4 Å². The number of anilines is 2. The highest BCUT2D eigenvalue weighted by molar-refractivity contribution is 7.61. The molecule has 532 valence electrons. The number of carbonyl (C=O) groups excluding carboxylic acids is 2. The number of primary amides is 2. The number of amides is 2. The van der Waals surface area contributed by atoms with Crippen molar-refractivity contribution in [2.45, 2.75) is 111 Å². The normalized spacial score (nSPS) is 31.9. The second-order valence-electron chi connectivity index (χ2n) is 20.8. The van der Waals surface area contributed by atoms with E-state index in [0.29, 0.717) is 0 Å². The number of rotatable bonds is 26. The number of aromatic nitrogens is 8. The maximum Gasteiger partial charge on any atom is 0.481 e. The van der Waals surface area contributed by atoms with Gasteiger partial charge in [-0.15, -0.1) is 0 Å². The van der Waals surface area contributed by atoms with E-state index in [2.05, 4.69) is 47.6 Å². The van der Waals surface area contributed by atoms with Crippen molar-refractivity contribution >= 4 is 92.7 Å². The number of aliphatic hydroxyl groups is 6. The molecule has 0 bridgehead atoms. The van der Waals surface area contributed by atoms with E-state index in [-0.39, 0.29) is 58.0 Å². The minimum absolute atomic E-state index is 0.00424. The molecule has 4 aromatic heterocycles. The molecule has 10 heterocycles. The highest BCUT2D eigenvalue weighted by Gasteiger charge is 2.54. The summed E-state index contributed by atoms with van der Waals surface area (Å²) in [4.78, 5) is 127. The number of ether oxygens (including phenoxy) is 4. The molecule has 2 amide bonds. The predicted molar refractivity (Wildman–Crippen MR) is 306 cm³/mol. The van der Waals surface area contributed by atoms with E-state index in [1.807, 2.05) is 0 Å². The van der Waals surface area contributed by atoms with E-state index in [1.54, 1.807) is 0 Å². The van der Waals surface area contributed by atoms with E-state index >= 15 is 0 Å². The number of phosphoric acid groups is 6. The van der Waals surface area contributed by atoms with Crippen LogP contribution in [0.25, 0.3) is 22.3 Å². The third-order valence-electron chi connectivity index (χ3n) is 14.2. The molecule has 0 saturated carbocycles. The van der Waals surface area contributed by atoms with Crippen LogP contribution in [0, 0.1) is 0 Å². The smallest absolute Gasteiger partial charge is 0.387 e. The molecule has 54 heteroatoms. The maximum atomic E-state index is 12.6. The number of carbonyl (C=O) groups is 2. The van der Waals surface area contributed by atoms with Crippen LogP contribution in [-0.2, 0) is 91.7 Å². The highest BCUT2D eigenvalue weighted by Crippen LogP contribution is 2.62. The Labute approximate surface area is 535 Å². The lowest BCUT2D eigenvalue weighted by molar-refractivity contribution is -0.115. The third-order valence-corrected chi connectivity index (χ3v) is 20.5. The Morgan fingerprint density at radius 2 is 0.781 bits per heavy atom. The van der Waals surface area contributed by atoms with E-state index in [1.165, 1.54) is 46.8 Å². The molecule has 10 unspecified atom stereocenters. The molecule has 48 nitrogen and oxygen atoms in total. The maximum absolute atomic E-state index is 12.6. The number of imidazole rings is 2. The lowest BCUT2D eigenvalue weighted by atomic mass is 10.1. The first-order valence-corrected chi connectivity index (χ1v) is 36.0. The standard InChI is InChI=1S/2C21H30N7O17P3/c2*22-17-12-19(25-7-24-17)28(8-26-12)21-16(44-46(33,34)35)14(30)11(43-21)6-41-48(38,39)45-47(36,37)40-5-10-13(29)15(31)20(42-10)27-3-1-2-9(4-27)18(23)32/h2*1,3-4,7-8,10-11,13-16,20-21,29-31H,2,5-6H2,(H2,23,32)(H,36,37)(H,38,39)(H2,22,24,25)(H2,33,34,35)/t2*10-,11-,13?,14-,15?,16-,20?,21-/m11/s1. The van der Waals surface area contributed by atoms with E-state index in [9.17, 15) is 107 Å². The van der Waals surface area contributed by atoms with Crippen molar-refractivity contribution in [3.8, 4) is 0 Å². The van der Waals surface area contributed by atoms with Crippen LogP contribution >= 0.6 is 46.9 Å². The molecule has 10 rings (SSSR count). The molecule has 0 aromatic carbocycles. The second-order valence-corrected chi connectivity index (χ2v) is 29.3. The number of nitrogens with zero attached hydrogens (tertiary/aromatic N) is 10. The summed E-state index contributed by atoms with van der Waals surface area (Å²) in [6.45, 7) is -4.04. The van der Waals surface area contributed by atoms with Crippen LogP contribution in [0.5, 0.6) is 0 Å². The van der Waals surface area contributed by atoms with Gasteiger partial charge in [0.05, 0.1) is 39.1 Å². The summed E-state index contributed by atoms with van der Waals surface area (Å²) in [6.07, 6.45) is -12.9. The van der Waals surface area contributed by atoms with Crippen LogP contribution in [0.2, 0.25) is 0 Å². The van der Waals surface area contributed by atoms with E-state index in [0.717, 1.165) is 34.4 Å². The average Bonchev–Trinajstić information content (AvgIpc) is 1.62. The number of allylic oxidation sites excluding steroid dienone is 2. The summed E-state index contributed by atoms with van der Waals surface area (Å²) in [5.74, 6) is -1.58.